The van der Waals surface area contributed by atoms with Crippen LogP contribution in [0.15, 0.2) is 0 Å². The summed E-state index contributed by atoms with van der Waals surface area (Å²) >= 11 is 0. The Morgan fingerprint density at radius 2 is 1.30 bits per heavy atom. The van der Waals surface area contributed by atoms with Crippen molar-refractivity contribution in [1.82, 2.24) is 0 Å². The van der Waals surface area contributed by atoms with Crippen molar-refractivity contribution in [1.29, 1.82) is 0 Å². The minimum Gasteiger partial charge on any atom is -0.465 e. The van der Waals surface area contributed by atoms with Crippen LogP contribution in [0, 0.1) is 16.7 Å². The third kappa shape index (κ3) is 7.91. The molecule has 0 rings (SSSR count). The van der Waals surface area contributed by atoms with Crippen LogP contribution >= 0.6 is 0 Å². The third-order valence-electron chi connectivity index (χ3n) is 3.71. The van der Waals surface area contributed by atoms with Crippen molar-refractivity contribution < 1.29 is 9.53 Å². The highest BCUT2D eigenvalue weighted by Gasteiger charge is 2.41. The molecule has 0 radical (unpaired) electrons. The van der Waals surface area contributed by atoms with E-state index in [0.717, 1.165) is 6.42 Å². The van der Waals surface area contributed by atoms with Gasteiger partial charge in [0.15, 0.2) is 0 Å². The average molecular weight is 284 g/mol. The second kappa shape index (κ2) is 8.69. The topological polar surface area (TPSA) is 26.3 Å². The molecule has 0 atom stereocenters. The van der Waals surface area contributed by atoms with Crippen LogP contribution in [0.5, 0.6) is 0 Å². The first kappa shape index (κ1) is 19.5. The van der Waals surface area contributed by atoms with Crippen LogP contribution in [0.2, 0.25) is 0 Å². The number of ether oxygens (including phenoxy) is 1. The summed E-state index contributed by atoms with van der Waals surface area (Å²) in [5.74, 6) is -0.0892. The van der Waals surface area contributed by atoms with E-state index in [1.807, 2.05) is 0 Å². The minimum absolute atomic E-state index is 0.0291. The van der Waals surface area contributed by atoms with Crippen LogP contribution < -0.4 is 0 Å². The van der Waals surface area contributed by atoms with Gasteiger partial charge in [0.25, 0.3) is 0 Å². The minimum atomic E-state index is -0.0601. The normalized spacial score (nSPS) is 12.8. The molecule has 120 valence electrons. The molecule has 0 aliphatic heterocycles. The summed E-state index contributed by atoms with van der Waals surface area (Å²) in [6.45, 7) is 15.5. The van der Waals surface area contributed by atoms with E-state index in [2.05, 4.69) is 48.5 Å². The van der Waals surface area contributed by atoms with Crippen LogP contribution in [0.1, 0.15) is 87.0 Å². The smallest absolute Gasteiger partial charge is 0.309 e. The van der Waals surface area contributed by atoms with Crippen LogP contribution in [0.3, 0.4) is 0 Å². The fraction of sp³-hybridized carbons (Fsp3) is 0.944. The molecule has 2 heteroatoms. The van der Waals surface area contributed by atoms with Gasteiger partial charge in [0.1, 0.15) is 0 Å². The predicted molar refractivity (Wildman–Crippen MR) is 86.7 cm³/mol. The Balaban J connectivity index is 4.11. The molecule has 0 unspecified atom stereocenters. The van der Waals surface area contributed by atoms with Crippen LogP contribution in [0.4, 0.5) is 0 Å². The van der Waals surface area contributed by atoms with Gasteiger partial charge in [-0.05, 0) is 17.3 Å². The standard InChI is InChI=1S/C18H36O2/c1-8-9-10-11-12-13-14-20-16(19)15(17(2,3)4)18(5,6)7/h15H,8-14H2,1-7H3. The quantitative estimate of drug-likeness (QED) is 0.428. The summed E-state index contributed by atoms with van der Waals surface area (Å²) in [7, 11) is 0. The molecule has 0 spiro atoms. The highest BCUT2D eigenvalue weighted by molar-refractivity contribution is 5.74. The van der Waals surface area contributed by atoms with Gasteiger partial charge in [-0.3, -0.25) is 4.79 Å². The molecule has 2 nitrogen and oxygen atoms in total. The van der Waals surface area contributed by atoms with E-state index in [-0.39, 0.29) is 22.7 Å². The monoisotopic (exact) mass is 284 g/mol. The number of unbranched alkanes of at least 4 members (excludes halogenated alkanes) is 5. The lowest BCUT2D eigenvalue weighted by atomic mass is 9.67. The van der Waals surface area contributed by atoms with E-state index in [1.165, 1.54) is 32.1 Å². The zero-order valence-corrected chi connectivity index (χ0v) is 14.8. The van der Waals surface area contributed by atoms with Gasteiger partial charge in [-0.2, -0.15) is 0 Å². The largest absolute Gasteiger partial charge is 0.465 e. The van der Waals surface area contributed by atoms with Gasteiger partial charge in [0, 0.05) is 0 Å². The van der Waals surface area contributed by atoms with Gasteiger partial charge in [0.05, 0.1) is 12.5 Å². The molecule has 0 fully saturated rings. The number of hydrogen-bond donors (Lipinski definition) is 0. The van der Waals surface area contributed by atoms with Gasteiger partial charge in [-0.15, -0.1) is 0 Å². The summed E-state index contributed by atoms with van der Waals surface area (Å²) in [5, 5.41) is 0. The van der Waals surface area contributed by atoms with E-state index in [0.29, 0.717) is 6.61 Å². The van der Waals surface area contributed by atoms with Crippen molar-refractivity contribution >= 4 is 5.97 Å². The molecule has 0 heterocycles. The Morgan fingerprint density at radius 1 is 0.850 bits per heavy atom. The maximum atomic E-state index is 12.3. The maximum Gasteiger partial charge on any atom is 0.309 e. The maximum absolute atomic E-state index is 12.3. The highest BCUT2D eigenvalue weighted by Crippen LogP contribution is 2.40. The Bertz CT molecular complexity index is 254. The van der Waals surface area contributed by atoms with Crippen molar-refractivity contribution in [3.63, 3.8) is 0 Å². The Morgan fingerprint density at radius 3 is 1.75 bits per heavy atom. The van der Waals surface area contributed by atoms with Gasteiger partial charge in [0.2, 0.25) is 0 Å². The number of esters is 1. The van der Waals surface area contributed by atoms with Crippen molar-refractivity contribution in [2.45, 2.75) is 87.0 Å². The summed E-state index contributed by atoms with van der Waals surface area (Å²) < 4.78 is 5.52. The molecule has 0 aliphatic rings. The van der Waals surface area contributed by atoms with E-state index >= 15 is 0 Å². The second-order valence-electron chi connectivity index (χ2n) is 8.10. The zero-order chi connectivity index (χ0) is 15.8. The molecule has 0 aromatic carbocycles. The predicted octanol–water partition coefficient (Wildman–Crippen LogP) is 5.60. The SMILES string of the molecule is CCCCCCCCOC(=O)C(C(C)(C)C)C(C)(C)C. The van der Waals surface area contributed by atoms with Crippen LogP contribution in [-0.4, -0.2) is 12.6 Å². The van der Waals surface area contributed by atoms with E-state index in [1.54, 1.807) is 0 Å². The van der Waals surface area contributed by atoms with E-state index in [4.69, 9.17) is 4.74 Å². The molecule has 0 aromatic heterocycles. The number of hydrogen-bond acceptors (Lipinski definition) is 2. The van der Waals surface area contributed by atoms with Crippen molar-refractivity contribution in [3.8, 4) is 0 Å². The first-order valence-electron chi connectivity index (χ1n) is 8.27. The van der Waals surface area contributed by atoms with Gasteiger partial charge >= 0.3 is 5.97 Å². The van der Waals surface area contributed by atoms with Gasteiger partial charge < -0.3 is 4.74 Å². The lowest BCUT2D eigenvalue weighted by Gasteiger charge is -2.38. The molecule has 0 amide bonds. The van der Waals surface area contributed by atoms with E-state index < -0.39 is 0 Å². The zero-order valence-electron chi connectivity index (χ0n) is 14.8. The lowest BCUT2D eigenvalue weighted by Crippen LogP contribution is -2.40. The number of carbonyl (C=O) groups excluding carboxylic acids is 1. The summed E-state index contributed by atoms with van der Waals surface area (Å²) in [4.78, 5) is 12.3. The first-order valence-corrected chi connectivity index (χ1v) is 8.27. The van der Waals surface area contributed by atoms with Gasteiger partial charge in [-0.25, -0.2) is 0 Å². The molecular formula is C18H36O2. The van der Waals surface area contributed by atoms with Crippen molar-refractivity contribution in [3.05, 3.63) is 0 Å². The van der Waals surface area contributed by atoms with Crippen LogP contribution in [-0.2, 0) is 9.53 Å². The Kier molecular flexibility index (Phi) is 8.46. The summed E-state index contributed by atoms with van der Waals surface area (Å²) in [6, 6.07) is 0. The Hall–Kier alpha value is -0.530. The molecule has 0 saturated carbocycles. The molecule has 0 bridgehead atoms. The van der Waals surface area contributed by atoms with Crippen LogP contribution in [0.25, 0.3) is 0 Å². The number of rotatable bonds is 8. The molecule has 0 aromatic rings. The lowest BCUT2D eigenvalue weighted by molar-refractivity contribution is -0.158. The highest BCUT2D eigenvalue weighted by atomic mass is 16.5. The third-order valence-corrected chi connectivity index (χ3v) is 3.71. The van der Waals surface area contributed by atoms with E-state index in [9.17, 15) is 4.79 Å². The van der Waals surface area contributed by atoms with Crippen molar-refractivity contribution in [2.75, 3.05) is 6.61 Å². The molecule has 0 N–H and O–H groups in total. The fourth-order valence-electron chi connectivity index (χ4n) is 3.14. The number of carbonyl (C=O) groups is 1. The first-order chi connectivity index (χ1) is 9.10. The second-order valence-corrected chi connectivity index (χ2v) is 8.10. The van der Waals surface area contributed by atoms with Crippen molar-refractivity contribution in [2.24, 2.45) is 16.7 Å². The molecular weight excluding hydrogens is 248 g/mol. The molecule has 0 aliphatic carbocycles. The summed E-state index contributed by atoms with van der Waals surface area (Å²) in [6.07, 6.45) is 7.31. The van der Waals surface area contributed by atoms with Gasteiger partial charge in [-0.1, -0.05) is 80.6 Å². The Labute approximate surface area is 126 Å². The molecule has 20 heavy (non-hydrogen) atoms. The molecule has 0 saturated heterocycles. The average Bonchev–Trinajstić information content (AvgIpc) is 2.23. The fourth-order valence-corrected chi connectivity index (χ4v) is 3.14. The summed E-state index contributed by atoms with van der Waals surface area (Å²) in [5.41, 5.74) is -0.118.